The molecule has 0 aliphatic heterocycles. The van der Waals surface area contributed by atoms with Crippen molar-refractivity contribution in [1.82, 2.24) is 5.32 Å². The van der Waals surface area contributed by atoms with Gasteiger partial charge in [0, 0.05) is 12.3 Å². The normalized spacial score (nSPS) is 13.4. The van der Waals surface area contributed by atoms with E-state index in [9.17, 15) is 13.5 Å². The molecule has 1 aromatic rings. The van der Waals surface area contributed by atoms with Gasteiger partial charge >= 0.3 is 0 Å². The van der Waals surface area contributed by atoms with E-state index >= 15 is 0 Å². The number of phenolic OH excluding ortho intramolecular Hbond substituents is 1. The first-order valence-electron chi connectivity index (χ1n) is 6.12. The molecule has 0 spiro atoms. The Morgan fingerprint density at radius 3 is 2.39 bits per heavy atom. The number of benzene rings is 1. The Bertz CT molecular complexity index is 454. The molecule has 0 radical (unpaired) electrons. The summed E-state index contributed by atoms with van der Waals surface area (Å²) in [7, 11) is -2.87. The summed E-state index contributed by atoms with van der Waals surface area (Å²) >= 11 is 0. The minimum Gasteiger partial charge on any atom is -0.508 e. The predicted octanol–water partition coefficient (Wildman–Crippen LogP) is 1.87. The van der Waals surface area contributed by atoms with Crippen molar-refractivity contribution in [1.29, 1.82) is 0 Å². The summed E-state index contributed by atoms with van der Waals surface area (Å²) in [6, 6.07) is 7.29. The monoisotopic (exact) mass is 271 g/mol. The van der Waals surface area contributed by atoms with Crippen LogP contribution in [0.2, 0.25) is 0 Å². The molecule has 0 saturated carbocycles. The molecule has 0 aromatic heterocycles. The number of nitrogens with one attached hydrogen (secondary N) is 1. The van der Waals surface area contributed by atoms with Crippen molar-refractivity contribution in [2.75, 3.05) is 18.6 Å². The van der Waals surface area contributed by atoms with Gasteiger partial charge in [0.1, 0.15) is 15.6 Å². The summed E-state index contributed by atoms with van der Waals surface area (Å²) in [6.45, 7) is 2.74. The lowest BCUT2D eigenvalue weighted by molar-refractivity contribution is 0.473. The minimum atomic E-state index is -2.87. The smallest absolute Gasteiger partial charge is 0.147 e. The van der Waals surface area contributed by atoms with Crippen molar-refractivity contribution < 1.29 is 13.5 Å². The second-order valence-corrected chi connectivity index (χ2v) is 6.75. The molecule has 1 rings (SSSR count). The highest BCUT2D eigenvalue weighted by Gasteiger charge is 2.09. The van der Waals surface area contributed by atoms with E-state index in [0.29, 0.717) is 13.0 Å². The highest BCUT2D eigenvalue weighted by atomic mass is 32.2. The van der Waals surface area contributed by atoms with Gasteiger partial charge in [0.2, 0.25) is 0 Å². The van der Waals surface area contributed by atoms with E-state index in [4.69, 9.17) is 0 Å². The van der Waals surface area contributed by atoms with Gasteiger partial charge in [0.05, 0.1) is 5.75 Å². The molecule has 0 fully saturated rings. The molecule has 4 nitrogen and oxygen atoms in total. The lowest BCUT2D eigenvalue weighted by Crippen LogP contribution is -2.23. The SMILES string of the molecule is CCC(NCCCS(C)(=O)=O)c1ccc(O)cc1. The Labute approximate surface area is 109 Å². The molecule has 0 amide bonds. The van der Waals surface area contributed by atoms with Crippen LogP contribution in [0.25, 0.3) is 0 Å². The fourth-order valence-electron chi connectivity index (χ4n) is 1.82. The van der Waals surface area contributed by atoms with Crippen LogP contribution >= 0.6 is 0 Å². The van der Waals surface area contributed by atoms with Crippen molar-refractivity contribution in [3.63, 3.8) is 0 Å². The van der Waals surface area contributed by atoms with Crippen LogP contribution in [0, 0.1) is 0 Å². The zero-order chi connectivity index (χ0) is 13.6. The van der Waals surface area contributed by atoms with Gasteiger partial charge in [0.25, 0.3) is 0 Å². The Balaban J connectivity index is 2.45. The summed E-state index contributed by atoms with van der Waals surface area (Å²) < 4.78 is 22.0. The third kappa shape index (κ3) is 5.51. The minimum absolute atomic E-state index is 0.199. The number of phenols is 1. The zero-order valence-corrected chi connectivity index (χ0v) is 11.7. The van der Waals surface area contributed by atoms with Crippen molar-refractivity contribution in [3.8, 4) is 5.75 Å². The van der Waals surface area contributed by atoms with Crippen molar-refractivity contribution >= 4 is 9.84 Å². The molecule has 0 saturated heterocycles. The van der Waals surface area contributed by atoms with Crippen molar-refractivity contribution in [3.05, 3.63) is 29.8 Å². The molecule has 1 atom stereocenters. The standard InChI is InChI=1S/C13H21NO3S/c1-3-13(11-5-7-12(15)8-6-11)14-9-4-10-18(2,16)17/h5-8,13-15H,3-4,9-10H2,1-2H3. The van der Waals surface area contributed by atoms with Crippen molar-refractivity contribution in [2.45, 2.75) is 25.8 Å². The van der Waals surface area contributed by atoms with Crippen LogP contribution in [0.15, 0.2) is 24.3 Å². The fourth-order valence-corrected chi connectivity index (χ4v) is 2.48. The topological polar surface area (TPSA) is 66.4 Å². The molecule has 2 N–H and O–H groups in total. The van der Waals surface area contributed by atoms with Gasteiger partial charge in [-0.15, -0.1) is 0 Å². The number of rotatable bonds is 7. The molecule has 0 aliphatic rings. The quantitative estimate of drug-likeness (QED) is 0.743. The van der Waals surface area contributed by atoms with E-state index in [0.717, 1.165) is 12.0 Å². The average Bonchev–Trinajstić information content (AvgIpc) is 2.29. The lowest BCUT2D eigenvalue weighted by atomic mass is 10.0. The Morgan fingerprint density at radius 2 is 1.89 bits per heavy atom. The van der Waals surface area contributed by atoms with E-state index in [-0.39, 0.29) is 17.5 Å². The molecule has 102 valence electrons. The first-order chi connectivity index (χ1) is 8.42. The Hall–Kier alpha value is -1.07. The lowest BCUT2D eigenvalue weighted by Gasteiger charge is -2.17. The van der Waals surface area contributed by atoms with E-state index in [1.165, 1.54) is 6.26 Å². The second kappa shape index (κ2) is 6.75. The second-order valence-electron chi connectivity index (χ2n) is 4.49. The third-order valence-corrected chi connectivity index (χ3v) is 3.82. The molecular weight excluding hydrogens is 250 g/mol. The van der Waals surface area contributed by atoms with Crippen LogP contribution in [-0.2, 0) is 9.84 Å². The Morgan fingerprint density at radius 1 is 1.28 bits per heavy atom. The third-order valence-electron chi connectivity index (χ3n) is 2.79. The van der Waals surface area contributed by atoms with Gasteiger partial charge in [-0.1, -0.05) is 19.1 Å². The maximum atomic E-state index is 11.0. The van der Waals surface area contributed by atoms with Crippen LogP contribution in [0.4, 0.5) is 0 Å². The van der Waals surface area contributed by atoms with Gasteiger partial charge in [-0.25, -0.2) is 8.42 Å². The van der Waals surface area contributed by atoms with Crippen molar-refractivity contribution in [2.24, 2.45) is 0 Å². The first kappa shape index (κ1) is 15.0. The number of aromatic hydroxyl groups is 1. The van der Waals surface area contributed by atoms with Crippen LogP contribution in [0.5, 0.6) is 5.75 Å². The molecule has 18 heavy (non-hydrogen) atoms. The molecule has 5 heteroatoms. The maximum Gasteiger partial charge on any atom is 0.147 e. The first-order valence-corrected chi connectivity index (χ1v) is 8.18. The van der Waals surface area contributed by atoms with Gasteiger partial charge in [-0.3, -0.25) is 0 Å². The van der Waals surface area contributed by atoms with E-state index in [1.807, 2.05) is 12.1 Å². The number of sulfone groups is 1. The van der Waals surface area contributed by atoms with Gasteiger partial charge in [-0.2, -0.15) is 0 Å². The van der Waals surface area contributed by atoms with E-state index in [1.54, 1.807) is 12.1 Å². The van der Waals surface area contributed by atoms with Gasteiger partial charge in [0.15, 0.2) is 0 Å². The molecule has 0 heterocycles. The van der Waals surface area contributed by atoms with Crippen LogP contribution in [0.3, 0.4) is 0 Å². The molecule has 1 aromatic carbocycles. The summed E-state index contributed by atoms with van der Waals surface area (Å²) in [6.07, 6.45) is 2.79. The Kier molecular flexibility index (Phi) is 5.62. The zero-order valence-electron chi connectivity index (χ0n) is 10.9. The summed E-state index contributed by atoms with van der Waals surface area (Å²) in [4.78, 5) is 0. The average molecular weight is 271 g/mol. The van der Waals surface area contributed by atoms with E-state index < -0.39 is 9.84 Å². The predicted molar refractivity (Wildman–Crippen MR) is 73.5 cm³/mol. The molecule has 0 aliphatic carbocycles. The van der Waals surface area contributed by atoms with Gasteiger partial charge in [-0.05, 0) is 37.1 Å². The molecule has 1 unspecified atom stereocenters. The van der Waals surface area contributed by atoms with Crippen LogP contribution < -0.4 is 5.32 Å². The van der Waals surface area contributed by atoms with Crippen LogP contribution in [-0.4, -0.2) is 32.1 Å². The molecular formula is C13H21NO3S. The summed E-state index contributed by atoms with van der Waals surface area (Å²) in [5.41, 5.74) is 1.11. The van der Waals surface area contributed by atoms with E-state index in [2.05, 4.69) is 12.2 Å². The maximum absolute atomic E-state index is 11.0. The fraction of sp³-hybridized carbons (Fsp3) is 0.538. The largest absolute Gasteiger partial charge is 0.508 e. The summed E-state index contributed by atoms with van der Waals surface area (Å²) in [5, 5.41) is 12.6. The molecule has 0 bridgehead atoms. The highest BCUT2D eigenvalue weighted by Crippen LogP contribution is 2.19. The number of hydrogen-bond donors (Lipinski definition) is 2. The summed E-state index contributed by atoms with van der Waals surface area (Å²) in [5.74, 6) is 0.470. The number of hydrogen-bond acceptors (Lipinski definition) is 4. The van der Waals surface area contributed by atoms with Gasteiger partial charge < -0.3 is 10.4 Å². The van der Waals surface area contributed by atoms with Crippen LogP contribution in [0.1, 0.15) is 31.4 Å². The highest BCUT2D eigenvalue weighted by molar-refractivity contribution is 7.90.